The highest BCUT2D eigenvalue weighted by Gasteiger charge is 2.09. The minimum absolute atomic E-state index is 0. The van der Waals surface area contributed by atoms with Gasteiger partial charge in [-0.05, 0) is 20.8 Å². The highest BCUT2D eigenvalue weighted by atomic mass is 127. The Morgan fingerprint density at radius 3 is 2.68 bits per heavy atom. The Balaban J connectivity index is 0.00000242. The molecule has 0 aliphatic carbocycles. The van der Waals surface area contributed by atoms with E-state index in [-0.39, 0.29) is 24.0 Å². The van der Waals surface area contributed by atoms with Crippen molar-refractivity contribution in [3.05, 3.63) is 35.0 Å². The van der Waals surface area contributed by atoms with Crippen LogP contribution >= 0.6 is 24.0 Å². The van der Waals surface area contributed by atoms with Gasteiger partial charge in [-0.3, -0.25) is 4.68 Å². The van der Waals surface area contributed by atoms with E-state index in [0.29, 0.717) is 13.1 Å². The predicted molar refractivity (Wildman–Crippen MR) is 96.3 cm³/mol. The Labute approximate surface area is 147 Å². The van der Waals surface area contributed by atoms with Crippen molar-refractivity contribution in [1.29, 1.82) is 0 Å². The lowest BCUT2D eigenvalue weighted by molar-refractivity contribution is 0.410. The van der Waals surface area contributed by atoms with Gasteiger partial charge < -0.3 is 15.2 Å². The molecule has 122 valence electrons. The monoisotopic (exact) mass is 418 g/mol. The van der Waals surface area contributed by atoms with Crippen LogP contribution in [0.25, 0.3) is 0 Å². The molecule has 22 heavy (non-hydrogen) atoms. The quantitative estimate of drug-likeness (QED) is 0.441. The SMILES string of the molecule is CCNC(=NCc1c(C)nn(C)c1C)NCc1ccon1.I. The van der Waals surface area contributed by atoms with Crippen LogP contribution in [0, 0.1) is 13.8 Å². The van der Waals surface area contributed by atoms with Crippen LogP contribution in [0.5, 0.6) is 0 Å². The maximum atomic E-state index is 4.81. The van der Waals surface area contributed by atoms with Gasteiger partial charge in [-0.2, -0.15) is 5.10 Å². The molecule has 0 saturated heterocycles. The summed E-state index contributed by atoms with van der Waals surface area (Å²) in [5.41, 5.74) is 4.17. The molecule has 2 aromatic heterocycles. The lowest BCUT2D eigenvalue weighted by Gasteiger charge is -2.10. The average molecular weight is 418 g/mol. The molecule has 2 aromatic rings. The minimum atomic E-state index is 0. The Morgan fingerprint density at radius 1 is 1.36 bits per heavy atom. The molecule has 0 radical (unpaired) electrons. The van der Waals surface area contributed by atoms with Crippen LogP contribution < -0.4 is 10.6 Å². The van der Waals surface area contributed by atoms with Crippen molar-refractivity contribution in [3.63, 3.8) is 0 Å². The lowest BCUT2D eigenvalue weighted by atomic mass is 10.2. The third-order valence-electron chi connectivity index (χ3n) is 3.33. The topological polar surface area (TPSA) is 80.3 Å². The third-order valence-corrected chi connectivity index (χ3v) is 3.33. The molecule has 0 bridgehead atoms. The summed E-state index contributed by atoms with van der Waals surface area (Å²) in [6.07, 6.45) is 1.56. The number of aryl methyl sites for hydroxylation is 2. The van der Waals surface area contributed by atoms with Gasteiger partial charge >= 0.3 is 0 Å². The zero-order valence-corrected chi connectivity index (χ0v) is 15.7. The van der Waals surface area contributed by atoms with Gasteiger partial charge in [-0.15, -0.1) is 24.0 Å². The van der Waals surface area contributed by atoms with E-state index < -0.39 is 0 Å². The summed E-state index contributed by atoms with van der Waals surface area (Å²) in [6.45, 7) is 8.07. The van der Waals surface area contributed by atoms with E-state index in [0.717, 1.165) is 35.1 Å². The minimum Gasteiger partial charge on any atom is -0.364 e. The van der Waals surface area contributed by atoms with E-state index in [4.69, 9.17) is 4.52 Å². The number of guanidine groups is 1. The first kappa shape index (κ1) is 18.5. The number of nitrogens with one attached hydrogen (secondary N) is 2. The highest BCUT2D eigenvalue weighted by Crippen LogP contribution is 2.12. The van der Waals surface area contributed by atoms with Gasteiger partial charge in [-0.25, -0.2) is 4.99 Å². The van der Waals surface area contributed by atoms with Crippen LogP contribution in [0.3, 0.4) is 0 Å². The maximum Gasteiger partial charge on any atom is 0.191 e. The average Bonchev–Trinajstić information content (AvgIpc) is 3.04. The fourth-order valence-electron chi connectivity index (χ4n) is 2.05. The van der Waals surface area contributed by atoms with Crippen molar-refractivity contribution in [1.82, 2.24) is 25.6 Å². The summed E-state index contributed by atoms with van der Waals surface area (Å²) in [7, 11) is 1.95. The smallest absolute Gasteiger partial charge is 0.191 e. The molecule has 0 atom stereocenters. The number of nitrogens with zero attached hydrogens (tertiary/aromatic N) is 4. The van der Waals surface area contributed by atoms with Crippen molar-refractivity contribution in [2.75, 3.05) is 6.54 Å². The molecule has 2 heterocycles. The first-order chi connectivity index (χ1) is 10.1. The standard InChI is InChI=1S/C14H22N6O.HI/c1-5-15-14(16-8-12-6-7-21-19-12)17-9-13-10(2)18-20(4)11(13)3;/h6-7H,5,8-9H2,1-4H3,(H2,15,16,17);1H. The lowest BCUT2D eigenvalue weighted by Crippen LogP contribution is -2.36. The van der Waals surface area contributed by atoms with E-state index in [2.05, 4.69) is 32.8 Å². The van der Waals surface area contributed by atoms with Gasteiger partial charge in [0, 0.05) is 30.9 Å². The van der Waals surface area contributed by atoms with Crippen molar-refractivity contribution in [2.24, 2.45) is 12.0 Å². The van der Waals surface area contributed by atoms with Crippen LogP contribution in [0.15, 0.2) is 21.8 Å². The second-order valence-electron chi connectivity index (χ2n) is 4.81. The zero-order chi connectivity index (χ0) is 15.2. The van der Waals surface area contributed by atoms with E-state index >= 15 is 0 Å². The second-order valence-corrected chi connectivity index (χ2v) is 4.81. The molecule has 7 nitrogen and oxygen atoms in total. The Kier molecular flexibility index (Phi) is 7.36. The molecular weight excluding hydrogens is 395 g/mol. The van der Waals surface area contributed by atoms with Crippen molar-refractivity contribution >= 4 is 29.9 Å². The molecule has 2 rings (SSSR count). The number of halogens is 1. The van der Waals surface area contributed by atoms with Crippen molar-refractivity contribution in [3.8, 4) is 0 Å². The number of hydrogen-bond donors (Lipinski definition) is 2. The Bertz CT molecular complexity index is 605. The zero-order valence-electron chi connectivity index (χ0n) is 13.4. The fourth-order valence-corrected chi connectivity index (χ4v) is 2.05. The second kappa shape index (κ2) is 8.76. The van der Waals surface area contributed by atoms with Crippen LogP contribution in [-0.2, 0) is 20.1 Å². The van der Waals surface area contributed by atoms with E-state index in [1.165, 1.54) is 0 Å². The first-order valence-corrected chi connectivity index (χ1v) is 7.02. The van der Waals surface area contributed by atoms with E-state index in [9.17, 15) is 0 Å². The summed E-state index contributed by atoms with van der Waals surface area (Å²) in [6, 6.07) is 1.83. The molecule has 8 heteroatoms. The van der Waals surface area contributed by atoms with Crippen LogP contribution in [0.2, 0.25) is 0 Å². The molecule has 0 saturated carbocycles. The van der Waals surface area contributed by atoms with E-state index in [1.807, 2.05) is 31.6 Å². The maximum absolute atomic E-state index is 4.81. The molecular formula is C14H23IN6O. The molecule has 0 aliphatic rings. The number of aliphatic imine (C=N–C) groups is 1. The summed E-state index contributed by atoms with van der Waals surface area (Å²) in [4.78, 5) is 4.60. The molecule has 0 unspecified atom stereocenters. The Hall–Kier alpha value is -1.58. The molecule has 0 spiro atoms. The van der Waals surface area contributed by atoms with Crippen molar-refractivity contribution < 1.29 is 4.52 Å². The molecule has 0 fully saturated rings. The molecule has 0 amide bonds. The largest absolute Gasteiger partial charge is 0.364 e. The fraction of sp³-hybridized carbons (Fsp3) is 0.500. The summed E-state index contributed by atoms with van der Waals surface area (Å²) >= 11 is 0. The van der Waals surface area contributed by atoms with Crippen LogP contribution in [0.1, 0.15) is 29.6 Å². The highest BCUT2D eigenvalue weighted by molar-refractivity contribution is 14.0. The number of rotatable bonds is 5. The Morgan fingerprint density at radius 2 is 2.14 bits per heavy atom. The van der Waals surface area contributed by atoms with Gasteiger partial charge in [0.15, 0.2) is 5.96 Å². The number of hydrogen-bond acceptors (Lipinski definition) is 4. The van der Waals surface area contributed by atoms with Crippen LogP contribution in [0.4, 0.5) is 0 Å². The van der Waals surface area contributed by atoms with Gasteiger partial charge in [0.25, 0.3) is 0 Å². The van der Waals surface area contributed by atoms with Crippen LogP contribution in [-0.4, -0.2) is 27.4 Å². The molecule has 2 N–H and O–H groups in total. The van der Waals surface area contributed by atoms with E-state index in [1.54, 1.807) is 6.26 Å². The normalized spacial score (nSPS) is 11.2. The van der Waals surface area contributed by atoms with Gasteiger partial charge in [0.1, 0.15) is 12.0 Å². The summed E-state index contributed by atoms with van der Waals surface area (Å²) in [5.74, 6) is 0.753. The predicted octanol–water partition coefficient (Wildman–Crippen LogP) is 1.90. The summed E-state index contributed by atoms with van der Waals surface area (Å²) in [5, 5.41) is 14.7. The van der Waals surface area contributed by atoms with Gasteiger partial charge in [0.05, 0.1) is 18.8 Å². The van der Waals surface area contributed by atoms with Gasteiger partial charge in [0.2, 0.25) is 0 Å². The molecule has 0 aromatic carbocycles. The number of aromatic nitrogens is 3. The third kappa shape index (κ3) is 4.72. The van der Waals surface area contributed by atoms with Crippen molar-refractivity contribution in [2.45, 2.75) is 33.9 Å². The van der Waals surface area contributed by atoms with Gasteiger partial charge in [-0.1, -0.05) is 5.16 Å². The molecule has 0 aliphatic heterocycles. The first-order valence-electron chi connectivity index (χ1n) is 7.02. The summed E-state index contributed by atoms with van der Waals surface area (Å²) < 4.78 is 6.69.